The number of halogens is 2. The predicted molar refractivity (Wildman–Crippen MR) is 75.5 cm³/mol. The van der Waals surface area contributed by atoms with E-state index in [1.807, 2.05) is 0 Å². The fourth-order valence-corrected chi connectivity index (χ4v) is 2.41. The van der Waals surface area contributed by atoms with Gasteiger partial charge in [0.15, 0.2) is 11.6 Å². The summed E-state index contributed by atoms with van der Waals surface area (Å²) in [6, 6.07) is 6.01. The minimum atomic E-state index is -0.485. The Morgan fingerprint density at radius 3 is 3.00 bits per heavy atom. The summed E-state index contributed by atoms with van der Waals surface area (Å²) in [7, 11) is 0. The minimum absolute atomic E-state index is 0.0265. The van der Waals surface area contributed by atoms with E-state index in [-0.39, 0.29) is 17.2 Å². The van der Waals surface area contributed by atoms with Gasteiger partial charge in [0.25, 0.3) is 0 Å². The zero-order valence-corrected chi connectivity index (χ0v) is 11.2. The predicted octanol–water partition coefficient (Wildman–Crippen LogP) is 3.56. The topological polar surface area (TPSA) is 42.3 Å². The van der Waals surface area contributed by atoms with Gasteiger partial charge in [-0.15, -0.1) is 0 Å². The maximum absolute atomic E-state index is 13.1. The summed E-state index contributed by atoms with van der Waals surface area (Å²) in [5.41, 5.74) is 2.16. The van der Waals surface area contributed by atoms with Gasteiger partial charge in [0.05, 0.1) is 5.02 Å². The Hall–Kier alpha value is -2.07. The van der Waals surface area contributed by atoms with Crippen LogP contribution in [0.5, 0.6) is 0 Å². The van der Waals surface area contributed by atoms with Crippen LogP contribution < -0.4 is 0 Å². The van der Waals surface area contributed by atoms with Crippen LogP contribution in [0.2, 0.25) is 5.02 Å². The van der Waals surface area contributed by atoms with Gasteiger partial charge in [0.1, 0.15) is 5.82 Å². The molecule has 3 rings (SSSR count). The summed E-state index contributed by atoms with van der Waals surface area (Å²) in [6.45, 7) is 0. The van der Waals surface area contributed by atoms with Crippen molar-refractivity contribution in [3.8, 4) is 0 Å². The molecule has 1 aromatic heterocycles. The molecule has 100 valence electrons. The van der Waals surface area contributed by atoms with E-state index in [1.165, 1.54) is 12.1 Å². The Balaban J connectivity index is 1.87. The maximum atomic E-state index is 13.1. The molecule has 0 saturated heterocycles. The second kappa shape index (κ2) is 5.13. The summed E-state index contributed by atoms with van der Waals surface area (Å²) < 4.78 is 13.1. The third-order valence-electron chi connectivity index (χ3n) is 3.19. The number of carbonyl (C=O) groups excluding carboxylic acids is 1. The molecule has 0 N–H and O–H groups in total. The fraction of sp³-hybridized carbons (Fsp3) is 0.133. The molecule has 20 heavy (non-hydrogen) atoms. The lowest BCUT2D eigenvalue weighted by molar-refractivity contribution is 0.0992. The van der Waals surface area contributed by atoms with Crippen molar-refractivity contribution in [1.29, 1.82) is 0 Å². The highest BCUT2D eigenvalue weighted by Gasteiger charge is 2.18. The fourth-order valence-electron chi connectivity index (χ4n) is 2.21. The number of pyridine rings is 1. The van der Waals surface area contributed by atoms with Gasteiger partial charge in [-0.05, 0) is 23.8 Å². The van der Waals surface area contributed by atoms with Crippen molar-refractivity contribution >= 4 is 29.4 Å². The Labute approximate surface area is 120 Å². The van der Waals surface area contributed by atoms with Crippen LogP contribution in [0.15, 0.2) is 35.5 Å². The molecule has 0 bridgehead atoms. The molecule has 0 unspecified atom stereocenters. The number of rotatable bonds is 3. The monoisotopic (exact) mass is 288 g/mol. The Bertz CT molecular complexity index is 728. The van der Waals surface area contributed by atoms with Gasteiger partial charge in [-0.25, -0.2) is 14.4 Å². The van der Waals surface area contributed by atoms with Crippen molar-refractivity contribution in [2.24, 2.45) is 4.99 Å². The van der Waals surface area contributed by atoms with Crippen LogP contribution in [0, 0.1) is 5.82 Å². The van der Waals surface area contributed by atoms with E-state index in [2.05, 4.69) is 9.98 Å². The molecular weight excluding hydrogens is 279 g/mol. The molecule has 0 spiro atoms. The first kappa shape index (κ1) is 12.9. The number of benzene rings is 1. The molecule has 3 nitrogen and oxygen atoms in total. The van der Waals surface area contributed by atoms with Crippen molar-refractivity contribution in [1.82, 2.24) is 4.98 Å². The summed E-state index contributed by atoms with van der Waals surface area (Å²) >= 11 is 5.72. The SMILES string of the molecule is O=C(Cc1ccc(F)c(Cl)c1)c1ccnc2c1CC=N2. The van der Waals surface area contributed by atoms with Gasteiger partial charge in [-0.1, -0.05) is 17.7 Å². The molecule has 0 aliphatic carbocycles. The van der Waals surface area contributed by atoms with E-state index in [0.717, 1.165) is 5.56 Å². The Kier molecular flexibility index (Phi) is 3.32. The lowest BCUT2D eigenvalue weighted by Gasteiger charge is -2.06. The third kappa shape index (κ3) is 2.34. The van der Waals surface area contributed by atoms with E-state index < -0.39 is 5.82 Å². The van der Waals surface area contributed by atoms with Crippen LogP contribution in [0.4, 0.5) is 10.2 Å². The number of aliphatic imine (C=N–C) groups is 1. The van der Waals surface area contributed by atoms with Gasteiger partial charge >= 0.3 is 0 Å². The summed E-state index contributed by atoms with van der Waals surface area (Å²) in [5, 5.41) is 0.0265. The molecule has 1 aliphatic rings. The smallest absolute Gasteiger partial charge is 0.167 e. The first-order chi connectivity index (χ1) is 9.65. The molecule has 1 aliphatic heterocycles. The van der Waals surface area contributed by atoms with E-state index in [4.69, 9.17) is 11.6 Å². The van der Waals surface area contributed by atoms with E-state index in [9.17, 15) is 9.18 Å². The Morgan fingerprint density at radius 2 is 2.20 bits per heavy atom. The number of hydrogen-bond donors (Lipinski definition) is 0. The van der Waals surface area contributed by atoms with Crippen molar-refractivity contribution in [2.75, 3.05) is 0 Å². The minimum Gasteiger partial charge on any atom is -0.294 e. The highest BCUT2D eigenvalue weighted by atomic mass is 35.5. The molecule has 0 amide bonds. The van der Waals surface area contributed by atoms with Crippen molar-refractivity contribution in [3.05, 3.63) is 58.0 Å². The van der Waals surface area contributed by atoms with Gasteiger partial charge < -0.3 is 0 Å². The zero-order chi connectivity index (χ0) is 14.1. The van der Waals surface area contributed by atoms with Crippen LogP contribution in [0.3, 0.4) is 0 Å². The van der Waals surface area contributed by atoms with Crippen LogP contribution in [-0.4, -0.2) is 17.0 Å². The maximum Gasteiger partial charge on any atom is 0.167 e. The summed E-state index contributed by atoms with van der Waals surface area (Å²) in [4.78, 5) is 20.6. The molecule has 5 heteroatoms. The Morgan fingerprint density at radius 1 is 1.35 bits per heavy atom. The molecular formula is C15H10ClFN2O. The normalized spacial score (nSPS) is 12.5. The number of aromatic nitrogens is 1. The number of hydrogen-bond acceptors (Lipinski definition) is 3. The van der Waals surface area contributed by atoms with Gasteiger partial charge in [-0.2, -0.15) is 0 Å². The second-order valence-corrected chi connectivity index (χ2v) is 4.93. The number of nitrogens with zero attached hydrogens (tertiary/aromatic N) is 2. The molecule has 0 fully saturated rings. The average molecular weight is 289 g/mol. The van der Waals surface area contributed by atoms with Crippen LogP contribution in [0.1, 0.15) is 21.5 Å². The van der Waals surface area contributed by atoms with Gasteiger partial charge in [0, 0.05) is 36.4 Å². The largest absolute Gasteiger partial charge is 0.294 e. The standard InChI is InChI=1S/C15H10ClFN2O/c16-12-7-9(1-2-13(12)17)8-14(20)10-3-5-18-15-11(10)4-6-19-15/h1-3,5-7H,4,8H2. The van der Waals surface area contributed by atoms with Crippen molar-refractivity contribution in [3.63, 3.8) is 0 Å². The number of carbonyl (C=O) groups is 1. The van der Waals surface area contributed by atoms with Crippen LogP contribution >= 0.6 is 11.6 Å². The summed E-state index contributed by atoms with van der Waals surface area (Å²) in [6.07, 6.45) is 4.11. The van der Waals surface area contributed by atoms with Crippen molar-refractivity contribution < 1.29 is 9.18 Å². The second-order valence-electron chi connectivity index (χ2n) is 4.52. The number of fused-ring (bicyclic) bond motifs is 1. The molecule has 0 saturated carbocycles. The van der Waals surface area contributed by atoms with E-state index in [0.29, 0.717) is 23.4 Å². The lowest BCUT2D eigenvalue weighted by atomic mass is 9.99. The van der Waals surface area contributed by atoms with E-state index >= 15 is 0 Å². The zero-order valence-electron chi connectivity index (χ0n) is 10.4. The summed E-state index contributed by atoms with van der Waals surface area (Å²) in [5.74, 6) is 0.0749. The van der Waals surface area contributed by atoms with Crippen LogP contribution in [-0.2, 0) is 12.8 Å². The molecule has 0 radical (unpaired) electrons. The first-order valence-corrected chi connectivity index (χ1v) is 6.50. The third-order valence-corrected chi connectivity index (χ3v) is 3.48. The van der Waals surface area contributed by atoms with Gasteiger partial charge in [0.2, 0.25) is 0 Å². The molecule has 2 heterocycles. The van der Waals surface area contributed by atoms with Crippen molar-refractivity contribution in [2.45, 2.75) is 12.8 Å². The highest BCUT2D eigenvalue weighted by molar-refractivity contribution is 6.30. The number of ketones is 1. The van der Waals surface area contributed by atoms with Crippen LogP contribution in [0.25, 0.3) is 0 Å². The quantitative estimate of drug-likeness (QED) is 0.811. The lowest BCUT2D eigenvalue weighted by Crippen LogP contribution is -2.07. The first-order valence-electron chi connectivity index (χ1n) is 6.12. The molecule has 2 aromatic rings. The highest BCUT2D eigenvalue weighted by Crippen LogP contribution is 2.26. The molecule has 0 atom stereocenters. The molecule has 1 aromatic carbocycles. The number of Topliss-reactive ketones (excluding diaryl/α,β-unsaturated/α-hetero) is 1. The average Bonchev–Trinajstić information content (AvgIpc) is 2.91. The van der Waals surface area contributed by atoms with Gasteiger partial charge in [-0.3, -0.25) is 4.79 Å². The van der Waals surface area contributed by atoms with E-state index in [1.54, 1.807) is 24.5 Å².